The van der Waals surface area contributed by atoms with Gasteiger partial charge in [0.2, 0.25) is 0 Å². The van der Waals surface area contributed by atoms with Crippen molar-refractivity contribution in [3.63, 3.8) is 0 Å². The molecule has 0 aliphatic heterocycles. The third-order valence-electron chi connectivity index (χ3n) is 4.96. The van der Waals surface area contributed by atoms with E-state index in [0.29, 0.717) is 27.8 Å². The average Bonchev–Trinajstić information content (AvgIpc) is 3.10. The molecular formula is C19H19FN4O2S. The van der Waals surface area contributed by atoms with Crippen LogP contribution in [0.1, 0.15) is 50.3 Å². The van der Waals surface area contributed by atoms with Crippen molar-refractivity contribution in [1.29, 1.82) is 0 Å². The molecule has 3 heterocycles. The summed E-state index contributed by atoms with van der Waals surface area (Å²) in [6.07, 6.45) is 3.86. The molecule has 0 spiro atoms. The van der Waals surface area contributed by atoms with Gasteiger partial charge in [0.05, 0.1) is 11.3 Å². The van der Waals surface area contributed by atoms with Crippen molar-refractivity contribution in [3.05, 3.63) is 51.5 Å². The molecule has 140 valence electrons. The van der Waals surface area contributed by atoms with E-state index in [1.54, 1.807) is 6.92 Å². The highest BCUT2D eigenvalue weighted by atomic mass is 32.1. The van der Waals surface area contributed by atoms with Crippen LogP contribution in [-0.2, 0) is 12.8 Å². The maximum atomic E-state index is 13.6. The van der Waals surface area contributed by atoms with Crippen molar-refractivity contribution < 1.29 is 14.0 Å². The predicted octanol–water partition coefficient (Wildman–Crippen LogP) is 3.32. The number of thiophene rings is 1. The molecule has 0 bridgehead atoms. The third-order valence-corrected chi connectivity index (χ3v) is 6.13. The van der Waals surface area contributed by atoms with Crippen LogP contribution in [0.25, 0.3) is 5.65 Å². The van der Waals surface area contributed by atoms with Crippen LogP contribution in [0.5, 0.6) is 0 Å². The number of primary amides is 1. The number of hydrogen-bond donors (Lipinski definition) is 2. The number of fused-ring (bicyclic) bond motifs is 2. The normalized spacial score (nSPS) is 16.3. The quantitative estimate of drug-likeness (QED) is 0.724. The lowest BCUT2D eigenvalue weighted by Crippen LogP contribution is -2.20. The smallest absolute Gasteiger partial charge is 0.275 e. The van der Waals surface area contributed by atoms with Gasteiger partial charge in [-0.25, -0.2) is 9.37 Å². The molecule has 0 saturated heterocycles. The van der Waals surface area contributed by atoms with Crippen LogP contribution in [-0.4, -0.2) is 21.2 Å². The first-order chi connectivity index (χ1) is 12.8. The van der Waals surface area contributed by atoms with Gasteiger partial charge in [0.25, 0.3) is 11.8 Å². The summed E-state index contributed by atoms with van der Waals surface area (Å²) in [5, 5.41) is 3.27. The Balaban J connectivity index is 1.75. The Morgan fingerprint density at radius 2 is 2.19 bits per heavy atom. The second-order valence-electron chi connectivity index (χ2n) is 7.00. The van der Waals surface area contributed by atoms with Gasteiger partial charge >= 0.3 is 0 Å². The average molecular weight is 386 g/mol. The molecule has 8 heteroatoms. The monoisotopic (exact) mass is 386 g/mol. The standard InChI is InChI=1S/C19H19FN4O2S/c1-9-3-5-12-13(7-9)27-19(15(12)17(21)25)23-18(26)16-10(2)22-14-6-4-11(20)8-24(14)16/h4,6,8-9H,3,5,7H2,1-2H3,(H2,21,25)(H,23,26). The zero-order valence-corrected chi connectivity index (χ0v) is 15.8. The second-order valence-corrected chi connectivity index (χ2v) is 8.10. The predicted molar refractivity (Wildman–Crippen MR) is 102 cm³/mol. The fourth-order valence-electron chi connectivity index (χ4n) is 3.67. The van der Waals surface area contributed by atoms with E-state index >= 15 is 0 Å². The van der Waals surface area contributed by atoms with Crippen LogP contribution in [0, 0.1) is 18.7 Å². The molecule has 0 aromatic carbocycles. The number of pyridine rings is 1. The minimum absolute atomic E-state index is 0.236. The number of anilines is 1. The molecule has 1 unspecified atom stereocenters. The Morgan fingerprint density at radius 3 is 2.93 bits per heavy atom. The molecular weight excluding hydrogens is 367 g/mol. The van der Waals surface area contributed by atoms with Crippen LogP contribution < -0.4 is 11.1 Å². The lowest BCUT2D eigenvalue weighted by molar-refractivity contribution is 0.1000. The Kier molecular flexibility index (Phi) is 4.22. The fraction of sp³-hybridized carbons (Fsp3) is 0.316. The number of aromatic nitrogens is 2. The molecule has 1 atom stereocenters. The number of imidazole rings is 1. The lowest BCUT2D eigenvalue weighted by Gasteiger charge is -2.18. The first kappa shape index (κ1) is 17.7. The van der Waals surface area contributed by atoms with E-state index in [1.807, 2.05) is 0 Å². The van der Waals surface area contributed by atoms with E-state index in [4.69, 9.17) is 5.73 Å². The number of nitrogens with one attached hydrogen (secondary N) is 1. The Morgan fingerprint density at radius 1 is 1.41 bits per heavy atom. The SMILES string of the molecule is Cc1nc2ccc(F)cn2c1C(=O)Nc1sc2c(c1C(N)=O)CCC(C)C2. The first-order valence-electron chi connectivity index (χ1n) is 8.75. The molecule has 3 N–H and O–H groups in total. The molecule has 2 amide bonds. The van der Waals surface area contributed by atoms with E-state index in [9.17, 15) is 14.0 Å². The highest BCUT2D eigenvalue weighted by Gasteiger charge is 2.28. The molecule has 27 heavy (non-hydrogen) atoms. The van der Waals surface area contributed by atoms with Crippen LogP contribution in [0.2, 0.25) is 0 Å². The maximum absolute atomic E-state index is 13.6. The molecule has 1 aliphatic carbocycles. The maximum Gasteiger partial charge on any atom is 0.275 e. The number of amides is 2. The molecule has 1 aliphatic rings. The van der Waals surface area contributed by atoms with Crippen molar-refractivity contribution in [3.8, 4) is 0 Å². The van der Waals surface area contributed by atoms with Gasteiger partial charge in [0.1, 0.15) is 22.2 Å². The number of nitrogens with zero attached hydrogens (tertiary/aromatic N) is 2. The van der Waals surface area contributed by atoms with Gasteiger partial charge in [-0.05, 0) is 49.8 Å². The highest BCUT2D eigenvalue weighted by molar-refractivity contribution is 7.17. The van der Waals surface area contributed by atoms with Gasteiger partial charge in [-0.15, -0.1) is 11.3 Å². The van der Waals surface area contributed by atoms with E-state index in [1.165, 1.54) is 34.1 Å². The largest absolute Gasteiger partial charge is 0.365 e. The Labute approximate surface area is 159 Å². The molecule has 0 fully saturated rings. The van der Waals surface area contributed by atoms with Gasteiger partial charge < -0.3 is 11.1 Å². The molecule has 0 saturated carbocycles. The van der Waals surface area contributed by atoms with E-state index in [-0.39, 0.29) is 5.69 Å². The van der Waals surface area contributed by atoms with E-state index < -0.39 is 17.6 Å². The molecule has 4 rings (SSSR count). The van der Waals surface area contributed by atoms with Crippen LogP contribution in [0.4, 0.5) is 9.39 Å². The number of carbonyl (C=O) groups excluding carboxylic acids is 2. The number of halogens is 1. The van der Waals surface area contributed by atoms with Crippen LogP contribution in [0.3, 0.4) is 0 Å². The van der Waals surface area contributed by atoms with E-state index in [0.717, 1.165) is 29.7 Å². The van der Waals surface area contributed by atoms with Crippen molar-refractivity contribution >= 4 is 33.8 Å². The molecule has 3 aromatic heterocycles. The van der Waals surface area contributed by atoms with Crippen molar-refractivity contribution in [1.82, 2.24) is 9.38 Å². The summed E-state index contributed by atoms with van der Waals surface area (Å²) in [5.74, 6) is -0.922. The number of aryl methyl sites for hydroxylation is 1. The topological polar surface area (TPSA) is 89.5 Å². The number of carbonyl (C=O) groups is 2. The zero-order chi connectivity index (χ0) is 19.3. The fourth-order valence-corrected chi connectivity index (χ4v) is 5.08. The van der Waals surface area contributed by atoms with Crippen molar-refractivity contribution in [2.45, 2.75) is 33.1 Å². The summed E-state index contributed by atoms with van der Waals surface area (Å²) in [4.78, 5) is 30.4. The van der Waals surface area contributed by atoms with Crippen LogP contribution >= 0.6 is 11.3 Å². The minimum atomic E-state index is -0.543. The Bertz CT molecular complexity index is 1090. The lowest BCUT2D eigenvalue weighted by atomic mass is 9.88. The summed E-state index contributed by atoms with van der Waals surface area (Å²) in [5.41, 5.74) is 8.14. The van der Waals surface area contributed by atoms with E-state index in [2.05, 4.69) is 17.2 Å². The summed E-state index contributed by atoms with van der Waals surface area (Å²) in [7, 11) is 0. The molecule has 3 aromatic rings. The van der Waals surface area contributed by atoms with Crippen molar-refractivity contribution in [2.75, 3.05) is 5.32 Å². The van der Waals surface area contributed by atoms with Crippen LogP contribution in [0.15, 0.2) is 18.3 Å². The second kappa shape index (κ2) is 6.45. The van der Waals surface area contributed by atoms with Gasteiger partial charge in [0.15, 0.2) is 0 Å². The number of hydrogen-bond acceptors (Lipinski definition) is 4. The van der Waals surface area contributed by atoms with Gasteiger partial charge in [-0.3, -0.25) is 14.0 Å². The van der Waals surface area contributed by atoms with Gasteiger partial charge in [-0.1, -0.05) is 6.92 Å². The molecule has 0 radical (unpaired) electrons. The highest BCUT2D eigenvalue weighted by Crippen LogP contribution is 2.39. The summed E-state index contributed by atoms with van der Waals surface area (Å²) >= 11 is 1.40. The van der Waals surface area contributed by atoms with Crippen molar-refractivity contribution in [2.24, 2.45) is 11.7 Å². The zero-order valence-electron chi connectivity index (χ0n) is 15.0. The third kappa shape index (κ3) is 2.99. The minimum Gasteiger partial charge on any atom is -0.365 e. The van der Waals surface area contributed by atoms with Gasteiger partial charge in [0, 0.05) is 11.1 Å². The number of rotatable bonds is 3. The Hall–Kier alpha value is -2.74. The molecule has 6 nitrogen and oxygen atoms in total. The summed E-state index contributed by atoms with van der Waals surface area (Å²) in [6.45, 7) is 3.86. The summed E-state index contributed by atoms with van der Waals surface area (Å²) < 4.78 is 15.1. The summed E-state index contributed by atoms with van der Waals surface area (Å²) in [6, 6.07) is 2.81. The number of nitrogens with two attached hydrogens (primary N) is 1. The van der Waals surface area contributed by atoms with Gasteiger partial charge in [-0.2, -0.15) is 0 Å². The first-order valence-corrected chi connectivity index (χ1v) is 9.56.